The normalized spacial score (nSPS) is 11.2. The van der Waals surface area contributed by atoms with Gasteiger partial charge in [-0.1, -0.05) is 6.07 Å². The monoisotopic (exact) mass is 482 g/mol. The van der Waals surface area contributed by atoms with Gasteiger partial charge in [-0.05, 0) is 60.6 Å². The second-order valence-corrected chi connectivity index (χ2v) is 8.21. The Morgan fingerprint density at radius 2 is 1.85 bits per heavy atom. The number of hydrogen-bond acceptors (Lipinski definition) is 7. The smallest absolute Gasteiger partial charge is 0.324 e. The standard InChI is InChI=1S/C23H17F3N6OS/c1-14-4-5-17(30-21(33)16-9-18(13-28-12-16)34-23(24,25)26)10-20(14)32-22-29-8-6-19(31-22)15-3-2-7-27-11-15/h2-13H,1H3,(H,30,33)(H,29,31,32). The van der Waals surface area contributed by atoms with Crippen LogP contribution >= 0.6 is 11.8 Å². The minimum Gasteiger partial charge on any atom is -0.324 e. The van der Waals surface area contributed by atoms with Crippen LogP contribution in [-0.2, 0) is 0 Å². The number of alkyl halides is 3. The van der Waals surface area contributed by atoms with Crippen molar-refractivity contribution in [3.63, 3.8) is 0 Å². The fraction of sp³-hybridized carbons (Fsp3) is 0.0870. The zero-order valence-corrected chi connectivity index (χ0v) is 18.5. The van der Waals surface area contributed by atoms with E-state index in [0.717, 1.165) is 23.4 Å². The molecule has 0 atom stereocenters. The molecular formula is C23H17F3N6OS. The molecule has 1 amide bonds. The molecule has 0 bridgehead atoms. The van der Waals surface area contributed by atoms with E-state index in [1.165, 1.54) is 6.20 Å². The van der Waals surface area contributed by atoms with Crippen LogP contribution in [0.25, 0.3) is 11.3 Å². The predicted molar refractivity (Wildman–Crippen MR) is 124 cm³/mol. The van der Waals surface area contributed by atoms with Crippen LogP contribution < -0.4 is 10.6 Å². The number of nitrogens with zero attached hydrogens (tertiary/aromatic N) is 4. The third-order valence-electron chi connectivity index (χ3n) is 4.56. The Morgan fingerprint density at radius 1 is 1.00 bits per heavy atom. The Labute approximate surface area is 196 Å². The minimum atomic E-state index is -4.47. The van der Waals surface area contributed by atoms with Crippen LogP contribution in [-0.4, -0.2) is 31.4 Å². The number of hydrogen-bond donors (Lipinski definition) is 2. The number of aryl methyl sites for hydroxylation is 1. The number of benzene rings is 1. The zero-order chi connectivity index (χ0) is 24.1. The summed E-state index contributed by atoms with van der Waals surface area (Å²) in [4.78, 5) is 29.0. The summed E-state index contributed by atoms with van der Waals surface area (Å²) in [6.45, 7) is 1.88. The van der Waals surface area contributed by atoms with E-state index in [4.69, 9.17) is 0 Å². The first-order valence-corrected chi connectivity index (χ1v) is 10.7. The van der Waals surface area contributed by atoms with Crippen molar-refractivity contribution in [1.82, 2.24) is 19.9 Å². The number of pyridine rings is 2. The van der Waals surface area contributed by atoms with Gasteiger partial charge in [0.1, 0.15) is 0 Å². The van der Waals surface area contributed by atoms with Crippen LogP contribution in [0.15, 0.2) is 78.3 Å². The molecule has 0 fully saturated rings. The van der Waals surface area contributed by atoms with Crippen molar-refractivity contribution in [1.29, 1.82) is 0 Å². The number of halogens is 3. The second-order valence-electron chi connectivity index (χ2n) is 7.07. The van der Waals surface area contributed by atoms with Gasteiger partial charge < -0.3 is 10.6 Å². The van der Waals surface area contributed by atoms with Gasteiger partial charge in [-0.2, -0.15) is 13.2 Å². The van der Waals surface area contributed by atoms with Gasteiger partial charge in [0.15, 0.2) is 0 Å². The molecule has 4 aromatic rings. The lowest BCUT2D eigenvalue weighted by atomic mass is 10.1. The Balaban J connectivity index is 1.51. The number of rotatable bonds is 6. The first-order chi connectivity index (χ1) is 16.3. The number of amides is 1. The number of carbonyl (C=O) groups excluding carboxylic acids is 1. The van der Waals surface area contributed by atoms with Crippen molar-refractivity contribution in [3.05, 3.63) is 84.6 Å². The molecule has 172 valence electrons. The predicted octanol–water partition coefficient (Wildman–Crippen LogP) is 5.85. The molecule has 0 saturated heterocycles. The molecular weight excluding hydrogens is 465 g/mol. The maximum Gasteiger partial charge on any atom is 0.446 e. The lowest BCUT2D eigenvalue weighted by molar-refractivity contribution is -0.0328. The van der Waals surface area contributed by atoms with Crippen LogP contribution in [0.4, 0.5) is 30.5 Å². The summed E-state index contributed by atoms with van der Waals surface area (Å²) in [6, 6.07) is 11.8. The van der Waals surface area contributed by atoms with E-state index in [0.29, 0.717) is 23.0 Å². The first-order valence-electron chi connectivity index (χ1n) is 9.90. The minimum absolute atomic E-state index is 0.0110. The highest BCUT2D eigenvalue weighted by Gasteiger charge is 2.29. The maximum absolute atomic E-state index is 12.6. The van der Waals surface area contributed by atoms with Crippen LogP contribution in [0.5, 0.6) is 0 Å². The average molecular weight is 482 g/mol. The summed E-state index contributed by atoms with van der Waals surface area (Å²) in [5.41, 5.74) is -0.960. The van der Waals surface area contributed by atoms with Crippen LogP contribution in [0.3, 0.4) is 0 Å². The Morgan fingerprint density at radius 3 is 2.62 bits per heavy atom. The molecule has 4 rings (SSSR count). The van der Waals surface area contributed by atoms with Crippen molar-refractivity contribution in [3.8, 4) is 11.3 Å². The average Bonchev–Trinajstić information content (AvgIpc) is 2.81. The number of thioether (sulfide) groups is 1. The summed E-state index contributed by atoms with van der Waals surface area (Å²) in [5.74, 6) is -0.226. The Bertz CT molecular complexity index is 1320. The molecule has 11 heteroatoms. The summed E-state index contributed by atoms with van der Waals surface area (Å²) in [6.07, 6.45) is 7.26. The van der Waals surface area contributed by atoms with Crippen molar-refractivity contribution in [2.45, 2.75) is 17.3 Å². The summed E-state index contributed by atoms with van der Waals surface area (Å²) in [7, 11) is 0. The van der Waals surface area contributed by atoms with E-state index in [1.807, 2.05) is 19.1 Å². The highest BCUT2D eigenvalue weighted by Crippen LogP contribution is 2.36. The van der Waals surface area contributed by atoms with Gasteiger partial charge in [-0.25, -0.2) is 9.97 Å². The van der Waals surface area contributed by atoms with Gasteiger partial charge in [-0.15, -0.1) is 0 Å². The molecule has 7 nitrogen and oxygen atoms in total. The molecule has 0 spiro atoms. The molecule has 0 aliphatic rings. The topological polar surface area (TPSA) is 92.7 Å². The molecule has 2 N–H and O–H groups in total. The van der Waals surface area contributed by atoms with Gasteiger partial charge in [-0.3, -0.25) is 14.8 Å². The molecule has 34 heavy (non-hydrogen) atoms. The van der Waals surface area contributed by atoms with E-state index in [9.17, 15) is 18.0 Å². The van der Waals surface area contributed by atoms with Gasteiger partial charge >= 0.3 is 5.51 Å². The fourth-order valence-corrected chi connectivity index (χ4v) is 3.55. The third kappa shape index (κ3) is 6.07. The lowest BCUT2D eigenvalue weighted by Gasteiger charge is -2.12. The molecule has 0 radical (unpaired) electrons. The van der Waals surface area contributed by atoms with E-state index in [2.05, 4.69) is 30.6 Å². The van der Waals surface area contributed by atoms with Gasteiger partial charge in [0.2, 0.25) is 5.95 Å². The largest absolute Gasteiger partial charge is 0.446 e. The second kappa shape index (κ2) is 9.87. The summed E-state index contributed by atoms with van der Waals surface area (Å²) in [5, 5.41) is 5.82. The molecule has 3 aromatic heterocycles. The van der Waals surface area contributed by atoms with E-state index >= 15 is 0 Å². The number of carbonyl (C=O) groups is 1. The van der Waals surface area contributed by atoms with E-state index < -0.39 is 11.4 Å². The summed E-state index contributed by atoms with van der Waals surface area (Å²) < 4.78 is 37.9. The molecule has 0 unspecified atom stereocenters. The molecule has 0 aliphatic carbocycles. The fourth-order valence-electron chi connectivity index (χ4n) is 2.98. The molecule has 0 aliphatic heterocycles. The number of anilines is 3. The maximum atomic E-state index is 12.6. The highest BCUT2D eigenvalue weighted by atomic mass is 32.2. The van der Waals surface area contributed by atoms with Gasteiger partial charge in [0, 0.05) is 52.8 Å². The quantitative estimate of drug-likeness (QED) is 0.333. The van der Waals surface area contributed by atoms with Crippen LogP contribution in [0, 0.1) is 6.92 Å². The zero-order valence-electron chi connectivity index (χ0n) is 17.7. The first kappa shape index (κ1) is 23.2. The molecule has 0 saturated carbocycles. The number of nitrogens with one attached hydrogen (secondary N) is 2. The summed E-state index contributed by atoms with van der Waals surface area (Å²) >= 11 is -0.327. The van der Waals surface area contributed by atoms with Crippen molar-refractivity contribution in [2.24, 2.45) is 0 Å². The Hall–Kier alpha value is -3.99. The third-order valence-corrected chi connectivity index (χ3v) is 5.25. The molecule has 1 aromatic carbocycles. The van der Waals surface area contributed by atoms with Crippen molar-refractivity contribution < 1.29 is 18.0 Å². The number of aromatic nitrogens is 4. The van der Waals surface area contributed by atoms with Gasteiger partial charge in [0.05, 0.1) is 11.3 Å². The highest BCUT2D eigenvalue weighted by molar-refractivity contribution is 8.00. The van der Waals surface area contributed by atoms with Crippen LogP contribution in [0.1, 0.15) is 15.9 Å². The van der Waals surface area contributed by atoms with Crippen molar-refractivity contribution in [2.75, 3.05) is 10.6 Å². The van der Waals surface area contributed by atoms with Crippen LogP contribution in [0.2, 0.25) is 0 Å². The lowest BCUT2D eigenvalue weighted by Crippen LogP contribution is -2.13. The molecule has 3 heterocycles. The van der Waals surface area contributed by atoms with Gasteiger partial charge in [0.25, 0.3) is 5.91 Å². The van der Waals surface area contributed by atoms with E-state index in [1.54, 1.807) is 42.9 Å². The SMILES string of the molecule is Cc1ccc(NC(=O)c2cncc(SC(F)(F)F)c2)cc1Nc1nccc(-c2cccnc2)n1. The Kier molecular flexibility index (Phi) is 6.73. The van der Waals surface area contributed by atoms with Crippen molar-refractivity contribution >= 4 is 35.0 Å². The van der Waals surface area contributed by atoms with E-state index in [-0.39, 0.29) is 22.2 Å².